The smallest absolute Gasteiger partial charge is 0.325 e. The predicted octanol–water partition coefficient (Wildman–Crippen LogP) is 1.63. The highest BCUT2D eigenvalue weighted by Gasteiger charge is 2.09. The average Bonchev–Trinajstić information content (AvgIpc) is 2.39. The van der Waals surface area contributed by atoms with E-state index in [0.29, 0.717) is 0 Å². The minimum atomic E-state index is -0.837. The third kappa shape index (κ3) is 2.23. The first-order valence-corrected chi connectivity index (χ1v) is 4.16. The van der Waals surface area contributed by atoms with Gasteiger partial charge in [-0.2, -0.15) is 11.3 Å². The highest BCUT2D eigenvalue weighted by Crippen LogP contribution is 2.12. The Kier molecular flexibility index (Phi) is 2.48. The van der Waals surface area contributed by atoms with E-state index in [2.05, 4.69) is 5.32 Å². The van der Waals surface area contributed by atoms with Crippen LogP contribution < -0.4 is 5.32 Å². The van der Waals surface area contributed by atoms with Gasteiger partial charge in [-0.15, -0.1) is 0 Å². The van der Waals surface area contributed by atoms with Gasteiger partial charge in [0.2, 0.25) is 0 Å². The summed E-state index contributed by atoms with van der Waals surface area (Å²) in [4.78, 5) is 10.4. The highest BCUT2D eigenvalue weighted by atomic mass is 32.1. The number of carboxylic acid groups (broad SMARTS) is 1. The van der Waals surface area contributed by atoms with Crippen molar-refractivity contribution in [1.82, 2.24) is 0 Å². The fraction of sp³-hybridized carbons (Fsp3) is 0.286. The van der Waals surface area contributed by atoms with Gasteiger partial charge in [-0.25, -0.2) is 0 Å². The molecule has 0 bridgehead atoms. The van der Waals surface area contributed by atoms with Gasteiger partial charge in [0.05, 0.1) is 0 Å². The Hall–Kier alpha value is -1.03. The lowest BCUT2D eigenvalue weighted by Gasteiger charge is -2.07. The Morgan fingerprint density at radius 2 is 2.55 bits per heavy atom. The zero-order chi connectivity index (χ0) is 8.27. The molecule has 1 atom stereocenters. The molecule has 0 aromatic carbocycles. The number of anilines is 1. The summed E-state index contributed by atoms with van der Waals surface area (Å²) in [6.07, 6.45) is 0. The van der Waals surface area contributed by atoms with Gasteiger partial charge in [-0.05, 0) is 18.4 Å². The maximum Gasteiger partial charge on any atom is 0.325 e. The van der Waals surface area contributed by atoms with Gasteiger partial charge >= 0.3 is 5.97 Å². The van der Waals surface area contributed by atoms with Gasteiger partial charge in [-0.3, -0.25) is 4.79 Å². The monoisotopic (exact) mass is 171 g/mol. The van der Waals surface area contributed by atoms with E-state index in [0.717, 1.165) is 5.69 Å². The van der Waals surface area contributed by atoms with Crippen LogP contribution in [-0.4, -0.2) is 17.1 Å². The van der Waals surface area contributed by atoms with Crippen LogP contribution in [0.2, 0.25) is 0 Å². The Labute approximate surface area is 68.7 Å². The fourth-order valence-electron chi connectivity index (χ4n) is 0.658. The number of nitrogens with one attached hydrogen (secondary N) is 1. The molecular weight excluding hydrogens is 162 g/mol. The van der Waals surface area contributed by atoms with Crippen LogP contribution in [0.4, 0.5) is 5.69 Å². The zero-order valence-corrected chi connectivity index (χ0v) is 6.89. The fourth-order valence-corrected chi connectivity index (χ4v) is 1.26. The topological polar surface area (TPSA) is 49.3 Å². The largest absolute Gasteiger partial charge is 0.480 e. The molecule has 0 amide bonds. The SMILES string of the molecule is CC(Nc1ccsc1)C(=O)O. The summed E-state index contributed by atoms with van der Waals surface area (Å²) in [5.74, 6) is -0.837. The molecular formula is C7H9NO2S. The minimum absolute atomic E-state index is 0.524. The van der Waals surface area contributed by atoms with E-state index in [1.807, 2.05) is 16.8 Å². The third-order valence-corrected chi connectivity index (χ3v) is 1.96. The van der Waals surface area contributed by atoms with Crippen molar-refractivity contribution >= 4 is 23.0 Å². The molecule has 0 aliphatic heterocycles. The second-order valence-corrected chi connectivity index (χ2v) is 3.00. The Balaban J connectivity index is 2.50. The van der Waals surface area contributed by atoms with E-state index in [-0.39, 0.29) is 0 Å². The maximum atomic E-state index is 10.4. The molecule has 0 radical (unpaired) electrons. The molecule has 3 nitrogen and oxygen atoms in total. The first-order valence-electron chi connectivity index (χ1n) is 3.21. The molecule has 0 spiro atoms. The molecule has 1 aromatic heterocycles. The summed E-state index contributed by atoms with van der Waals surface area (Å²) in [5.41, 5.74) is 0.866. The summed E-state index contributed by atoms with van der Waals surface area (Å²) in [5, 5.41) is 15.1. The molecule has 11 heavy (non-hydrogen) atoms. The first-order chi connectivity index (χ1) is 5.20. The first kappa shape index (κ1) is 8.07. The van der Waals surface area contributed by atoms with Crippen LogP contribution in [0.3, 0.4) is 0 Å². The second-order valence-electron chi connectivity index (χ2n) is 2.22. The highest BCUT2D eigenvalue weighted by molar-refractivity contribution is 7.08. The summed E-state index contributed by atoms with van der Waals surface area (Å²) >= 11 is 1.54. The van der Waals surface area contributed by atoms with E-state index in [4.69, 9.17) is 5.11 Å². The predicted molar refractivity (Wildman–Crippen MR) is 45.0 cm³/mol. The number of hydrogen-bond acceptors (Lipinski definition) is 3. The number of aliphatic carboxylic acids is 1. The molecule has 1 rings (SSSR count). The van der Waals surface area contributed by atoms with Gasteiger partial charge in [0, 0.05) is 11.1 Å². The standard InChI is InChI=1S/C7H9NO2S/c1-5(7(9)10)8-6-2-3-11-4-6/h2-5,8H,1H3,(H,9,10). The minimum Gasteiger partial charge on any atom is -0.480 e. The number of hydrogen-bond donors (Lipinski definition) is 2. The zero-order valence-electron chi connectivity index (χ0n) is 6.07. The lowest BCUT2D eigenvalue weighted by atomic mass is 10.3. The van der Waals surface area contributed by atoms with E-state index in [1.165, 1.54) is 11.3 Å². The Bertz CT molecular complexity index is 233. The van der Waals surface area contributed by atoms with E-state index < -0.39 is 12.0 Å². The Morgan fingerprint density at radius 3 is 3.00 bits per heavy atom. The molecule has 0 aliphatic rings. The molecule has 60 valence electrons. The molecule has 0 saturated heterocycles. The maximum absolute atomic E-state index is 10.4. The molecule has 1 heterocycles. The van der Waals surface area contributed by atoms with Crippen molar-refractivity contribution in [3.63, 3.8) is 0 Å². The summed E-state index contributed by atoms with van der Waals surface area (Å²) in [6, 6.07) is 1.33. The van der Waals surface area contributed by atoms with Crippen LogP contribution in [0.15, 0.2) is 16.8 Å². The van der Waals surface area contributed by atoms with Crippen molar-refractivity contribution in [3.8, 4) is 0 Å². The van der Waals surface area contributed by atoms with E-state index in [1.54, 1.807) is 6.92 Å². The number of rotatable bonds is 3. The van der Waals surface area contributed by atoms with Gasteiger partial charge < -0.3 is 10.4 Å². The van der Waals surface area contributed by atoms with Crippen molar-refractivity contribution in [2.45, 2.75) is 13.0 Å². The Morgan fingerprint density at radius 1 is 1.82 bits per heavy atom. The third-order valence-electron chi connectivity index (χ3n) is 1.27. The van der Waals surface area contributed by atoms with E-state index >= 15 is 0 Å². The molecule has 1 aromatic rings. The van der Waals surface area contributed by atoms with Crippen molar-refractivity contribution < 1.29 is 9.90 Å². The lowest BCUT2D eigenvalue weighted by Crippen LogP contribution is -2.24. The summed E-state index contributed by atoms with van der Waals surface area (Å²) in [7, 11) is 0. The van der Waals surface area contributed by atoms with Crippen LogP contribution >= 0.6 is 11.3 Å². The van der Waals surface area contributed by atoms with Crippen LogP contribution in [0, 0.1) is 0 Å². The summed E-state index contributed by atoms with van der Waals surface area (Å²) < 4.78 is 0. The van der Waals surface area contributed by atoms with Crippen molar-refractivity contribution in [2.75, 3.05) is 5.32 Å². The van der Waals surface area contributed by atoms with E-state index in [9.17, 15) is 4.79 Å². The number of carbonyl (C=O) groups is 1. The molecule has 0 fully saturated rings. The molecule has 1 unspecified atom stereocenters. The molecule has 0 saturated carbocycles. The van der Waals surface area contributed by atoms with Gasteiger partial charge in [0.1, 0.15) is 6.04 Å². The number of carboxylic acids is 1. The van der Waals surface area contributed by atoms with Gasteiger partial charge in [0.25, 0.3) is 0 Å². The molecule has 2 N–H and O–H groups in total. The van der Waals surface area contributed by atoms with Gasteiger partial charge in [0.15, 0.2) is 0 Å². The number of thiophene rings is 1. The van der Waals surface area contributed by atoms with Crippen LogP contribution in [-0.2, 0) is 4.79 Å². The molecule has 4 heteroatoms. The average molecular weight is 171 g/mol. The van der Waals surface area contributed by atoms with Crippen molar-refractivity contribution in [2.24, 2.45) is 0 Å². The molecule has 0 aliphatic carbocycles. The van der Waals surface area contributed by atoms with Crippen molar-refractivity contribution in [1.29, 1.82) is 0 Å². The van der Waals surface area contributed by atoms with Crippen LogP contribution in [0.25, 0.3) is 0 Å². The second kappa shape index (κ2) is 3.39. The van der Waals surface area contributed by atoms with Crippen LogP contribution in [0.1, 0.15) is 6.92 Å². The normalized spacial score (nSPS) is 12.5. The summed E-state index contributed by atoms with van der Waals surface area (Å²) in [6.45, 7) is 1.61. The van der Waals surface area contributed by atoms with Crippen molar-refractivity contribution in [3.05, 3.63) is 16.8 Å². The van der Waals surface area contributed by atoms with Gasteiger partial charge in [-0.1, -0.05) is 0 Å². The lowest BCUT2D eigenvalue weighted by molar-refractivity contribution is -0.137. The van der Waals surface area contributed by atoms with Crippen LogP contribution in [0.5, 0.6) is 0 Å². The quantitative estimate of drug-likeness (QED) is 0.726.